The van der Waals surface area contributed by atoms with E-state index in [4.69, 9.17) is 10.5 Å². The second kappa shape index (κ2) is 9.32. The van der Waals surface area contributed by atoms with Crippen LogP contribution in [0.4, 0.5) is 5.82 Å². The van der Waals surface area contributed by atoms with E-state index in [1.165, 1.54) is 5.01 Å². The molecular formula is C26H30N4OS. The molecule has 166 valence electrons. The van der Waals surface area contributed by atoms with Gasteiger partial charge in [-0.1, -0.05) is 24.0 Å². The first-order valence-electron chi connectivity index (χ1n) is 10.9. The topological polar surface area (TPSA) is 64.3 Å². The third-order valence-corrected chi connectivity index (χ3v) is 6.54. The second-order valence-electron chi connectivity index (χ2n) is 9.41. The molecule has 0 saturated carbocycles. The second-order valence-corrected chi connectivity index (χ2v) is 10.5. The molecule has 3 aromatic rings. The van der Waals surface area contributed by atoms with Crippen molar-refractivity contribution in [3.05, 3.63) is 58.9 Å². The molecule has 1 aliphatic heterocycles. The number of benzene rings is 1. The van der Waals surface area contributed by atoms with Gasteiger partial charge in [-0.15, -0.1) is 11.3 Å². The number of nitrogens with zero attached hydrogens (tertiary/aromatic N) is 3. The Morgan fingerprint density at radius 2 is 2.06 bits per heavy atom. The fraction of sp³-hybridized carbons (Fsp3) is 0.385. The minimum Gasteiger partial charge on any atom is -0.485 e. The van der Waals surface area contributed by atoms with Gasteiger partial charge in [0.25, 0.3) is 0 Å². The van der Waals surface area contributed by atoms with Crippen LogP contribution in [0.15, 0.2) is 42.7 Å². The lowest BCUT2D eigenvalue weighted by atomic mass is 9.97. The van der Waals surface area contributed by atoms with E-state index in [9.17, 15) is 0 Å². The first-order valence-corrected chi connectivity index (χ1v) is 11.7. The zero-order valence-corrected chi connectivity index (χ0v) is 20.0. The molecule has 4 rings (SSSR count). The smallest absolute Gasteiger partial charge is 0.166 e. The minimum atomic E-state index is -0.0305. The quantitative estimate of drug-likeness (QED) is 0.547. The van der Waals surface area contributed by atoms with E-state index in [0.717, 1.165) is 41.1 Å². The Kier molecular flexibility index (Phi) is 6.50. The molecule has 1 unspecified atom stereocenters. The van der Waals surface area contributed by atoms with Gasteiger partial charge in [0.15, 0.2) is 11.6 Å². The summed E-state index contributed by atoms with van der Waals surface area (Å²) in [5.74, 6) is 8.01. The van der Waals surface area contributed by atoms with E-state index in [0.29, 0.717) is 24.1 Å². The SMILES string of the molecule is CN1CCC(c2ncc(-c3cnc(N)c(OCc4cccc(C#CC(C)(C)C)c4)c3)s2)C1. The summed E-state index contributed by atoms with van der Waals surface area (Å²) in [6, 6.07) is 10.1. The van der Waals surface area contributed by atoms with Gasteiger partial charge in [-0.25, -0.2) is 9.97 Å². The number of anilines is 1. The number of likely N-dealkylation sites (tertiary alicyclic amines) is 1. The number of ether oxygens (including phenoxy) is 1. The normalized spacial score (nSPS) is 16.6. The lowest BCUT2D eigenvalue weighted by Crippen LogP contribution is -2.13. The summed E-state index contributed by atoms with van der Waals surface area (Å²) in [5, 5.41) is 1.19. The van der Waals surface area contributed by atoms with E-state index >= 15 is 0 Å². The summed E-state index contributed by atoms with van der Waals surface area (Å²) in [6.07, 6.45) is 4.90. The molecule has 0 aliphatic carbocycles. The number of thiazole rings is 1. The summed E-state index contributed by atoms with van der Waals surface area (Å²) >= 11 is 1.73. The molecule has 1 aromatic carbocycles. The summed E-state index contributed by atoms with van der Waals surface area (Å²) in [4.78, 5) is 12.5. The highest BCUT2D eigenvalue weighted by atomic mass is 32.1. The van der Waals surface area contributed by atoms with E-state index in [1.807, 2.05) is 30.5 Å². The number of likely N-dealkylation sites (N-methyl/N-ethyl adjacent to an activating group) is 1. The number of nitrogens with two attached hydrogens (primary N) is 1. The van der Waals surface area contributed by atoms with Crippen LogP contribution in [0.25, 0.3) is 10.4 Å². The van der Waals surface area contributed by atoms with Crippen molar-refractivity contribution in [3.63, 3.8) is 0 Å². The Labute approximate surface area is 194 Å². The van der Waals surface area contributed by atoms with Crippen molar-refractivity contribution in [2.75, 3.05) is 25.9 Å². The van der Waals surface area contributed by atoms with Gasteiger partial charge in [0, 0.05) is 41.4 Å². The number of aromatic nitrogens is 2. The Morgan fingerprint density at radius 3 is 2.81 bits per heavy atom. The summed E-state index contributed by atoms with van der Waals surface area (Å²) in [5.41, 5.74) is 9.08. The first kappa shape index (κ1) is 22.3. The van der Waals surface area contributed by atoms with Crippen LogP contribution in [0.3, 0.4) is 0 Å². The molecule has 1 fully saturated rings. The maximum atomic E-state index is 6.10. The van der Waals surface area contributed by atoms with Crippen molar-refractivity contribution in [2.24, 2.45) is 5.41 Å². The summed E-state index contributed by atoms with van der Waals surface area (Å²) in [7, 11) is 2.16. The van der Waals surface area contributed by atoms with Gasteiger partial charge in [-0.05, 0) is 64.5 Å². The highest BCUT2D eigenvalue weighted by Crippen LogP contribution is 2.35. The molecule has 2 aromatic heterocycles. The predicted octanol–water partition coefficient (Wildman–Crippen LogP) is 5.18. The van der Waals surface area contributed by atoms with Crippen LogP contribution in [-0.2, 0) is 6.61 Å². The summed E-state index contributed by atoms with van der Waals surface area (Å²) in [6.45, 7) is 8.92. The van der Waals surface area contributed by atoms with Crippen LogP contribution >= 0.6 is 11.3 Å². The fourth-order valence-electron chi connectivity index (χ4n) is 3.61. The van der Waals surface area contributed by atoms with Gasteiger partial charge >= 0.3 is 0 Å². The molecule has 0 radical (unpaired) electrons. The highest BCUT2D eigenvalue weighted by Gasteiger charge is 2.24. The molecule has 32 heavy (non-hydrogen) atoms. The zero-order chi connectivity index (χ0) is 22.7. The molecule has 0 spiro atoms. The number of hydrogen-bond donors (Lipinski definition) is 1. The average Bonchev–Trinajstić information content (AvgIpc) is 3.41. The molecule has 1 saturated heterocycles. The largest absolute Gasteiger partial charge is 0.485 e. The average molecular weight is 447 g/mol. The molecule has 3 heterocycles. The van der Waals surface area contributed by atoms with E-state index in [2.05, 4.69) is 60.6 Å². The molecule has 5 nitrogen and oxygen atoms in total. The van der Waals surface area contributed by atoms with Gasteiger partial charge in [-0.3, -0.25) is 0 Å². The molecular weight excluding hydrogens is 416 g/mol. The Hall–Kier alpha value is -2.88. The standard InChI is InChI=1S/C26H30N4OS/c1-26(2,3)10-8-18-6-5-7-19(12-18)17-31-22-13-21(14-28-24(22)27)23-15-29-25(32-23)20-9-11-30(4)16-20/h5-7,12-15,20H,9,11,16-17H2,1-4H3,(H2,27,28). The molecule has 1 aliphatic rings. The molecule has 1 atom stereocenters. The molecule has 6 heteroatoms. The Morgan fingerprint density at radius 1 is 1.22 bits per heavy atom. The van der Waals surface area contributed by atoms with Crippen molar-refractivity contribution < 1.29 is 4.74 Å². The van der Waals surface area contributed by atoms with Gasteiger partial charge in [-0.2, -0.15) is 0 Å². The van der Waals surface area contributed by atoms with Crippen molar-refractivity contribution in [1.29, 1.82) is 0 Å². The third kappa shape index (κ3) is 5.67. The van der Waals surface area contributed by atoms with Gasteiger partial charge < -0.3 is 15.4 Å². The van der Waals surface area contributed by atoms with E-state index in [-0.39, 0.29) is 5.41 Å². The molecule has 2 N–H and O–H groups in total. The van der Waals surface area contributed by atoms with Crippen molar-refractivity contribution in [3.8, 4) is 28.0 Å². The number of nitrogen functional groups attached to an aromatic ring is 1. The highest BCUT2D eigenvalue weighted by molar-refractivity contribution is 7.15. The number of rotatable bonds is 5. The number of hydrogen-bond acceptors (Lipinski definition) is 6. The fourth-order valence-corrected chi connectivity index (χ4v) is 4.64. The van der Waals surface area contributed by atoms with Gasteiger partial charge in [0.1, 0.15) is 6.61 Å². The lowest BCUT2D eigenvalue weighted by Gasteiger charge is -2.10. The lowest BCUT2D eigenvalue weighted by molar-refractivity contribution is 0.307. The predicted molar refractivity (Wildman–Crippen MR) is 132 cm³/mol. The maximum Gasteiger partial charge on any atom is 0.166 e. The van der Waals surface area contributed by atoms with E-state index in [1.54, 1.807) is 17.5 Å². The molecule has 0 amide bonds. The van der Waals surface area contributed by atoms with Crippen molar-refractivity contribution in [2.45, 2.75) is 39.7 Å². The van der Waals surface area contributed by atoms with Crippen LogP contribution in [-0.4, -0.2) is 35.0 Å². The Balaban J connectivity index is 1.47. The third-order valence-electron chi connectivity index (χ3n) is 5.33. The molecule has 0 bridgehead atoms. The maximum absolute atomic E-state index is 6.10. The Bertz CT molecular complexity index is 1150. The zero-order valence-electron chi connectivity index (χ0n) is 19.2. The van der Waals surface area contributed by atoms with Crippen LogP contribution in [0.2, 0.25) is 0 Å². The van der Waals surface area contributed by atoms with Gasteiger partial charge in [0.2, 0.25) is 0 Å². The van der Waals surface area contributed by atoms with Crippen LogP contribution in [0, 0.1) is 17.3 Å². The number of pyridine rings is 1. The minimum absolute atomic E-state index is 0.0305. The summed E-state index contributed by atoms with van der Waals surface area (Å²) < 4.78 is 6.05. The monoisotopic (exact) mass is 446 g/mol. The van der Waals surface area contributed by atoms with Crippen LogP contribution in [0.5, 0.6) is 5.75 Å². The van der Waals surface area contributed by atoms with Crippen LogP contribution < -0.4 is 10.5 Å². The van der Waals surface area contributed by atoms with Crippen molar-refractivity contribution >= 4 is 17.2 Å². The van der Waals surface area contributed by atoms with Crippen molar-refractivity contribution in [1.82, 2.24) is 14.9 Å². The van der Waals surface area contributed by atoms with Crippen LogP contribution in [0.1, 0.15) is 49.2 Å². The first-order chi connectivity index (χ1) is 15.3. The van der Waals surface area contributed by atoms with Gasteiger partial charge in [0.05, 0.1) is 9.88 Å². The van der Waals surface area contributed by atoms with E-state index < -0.39 is 0 Å².